The molecule has 68 heavy (non-hydrogen) atoms. The second kappa shape index (κ2) is 22.3. The molecule has 0 bridgehead atoms. The van der Waals surface area contributed by atoms with Gasteiger partial charge in [-0.1, -0.05) is 25.0 Å². The maximum Gasteiger partial charge on any atom is 0.263 e. The molecule has 3 aliphatic rings. The smallest absolute Gasteiger partial charge is 0.263 e. The largest absolute Gasteiger partial charge is 0.480 e. The van der Waals surface area contributed by atoms with Crippen molar-refractivity contribution in [3.8, 4) is 5.88 Å². The van der Waals surface area contributed by atoms with Gasteiger partial charge in [0.1, 0.15) is 18.1 Å². The fraction of sp³-hybridized carbons (Fsp3) is 0.458. The van der Waals surface area contributed by atoms with E-state index in [2.05, 4.69) is 51.2 Å². The molecule has 3 fully saturated rings. The van der Waals surface area contributed by atoms with Crippen LogP contribution in [-0.2, 0) is 19.1 Å². The number of piperazine rings is 1. The number of nitrogens with zero attached hydrogens (tertiary/aromatic N) is 8. The standard InChI is InChI=1S/C48H58N12O8/c1-30-37-27-50-48(55-45(37)60(33-8-4-5-9-33)47(65)44(30)31(2)61)54-39-17-14-34(26-49-39)59-22-20-58(21-23-59)28-41(62)51-32-12-15-35(16-13-32)68-25-24-67-29-42(63)52-38-11-7-6-10-36(38)46(64)53-40-18-19-43(66-3)57-56-40/h6-7,10-11,14,17-19,26-27,32-33,35H,4-5,8-9,12-13,15-16,20-25,28-29H2,1-3H3,(H,51,62)(H,52,63)(H,53,56,64)(H,49,50,54,55). The van der Waals surface area contributed by atoms with E-state index in [4.69, 9.17) is 19.2 Å². The molecular weight excluding hydrogens is 873 g/mol. The molecule has 4 aromatic heterocycles. The van der Waals surface area contributed by atoms with Crippen LogP contribution in [0, 0.1) is 6.92 Å². The highest BCUT2D eigenvalue weighted by molar-refractivity contribution is 6.09. The van der Waals surface area contributed by atoms with Crippen LogP contribution in [0.2, 0.25) is 0 Å². The van der Waals surface area contributed by atoms with E-state index in [1.165, 1.54) is 14.0 Å². The van der Waals surface area contributed by atoms with Gasteiger partial charge in [0.2, 0.25) is 23.6 Å². The third-order valence-electron chi connectivity index (χ3n) is 12.7. The summed E-state index contributed by atoms with van der Waals surface area (Å²) in [6.07, 6.45) is 10.6. The Hall–Kier alpha value is -6.90. The number of carbonyl (C=O) groups is 4. The molecule has 5 heterocycles. The zero-order valence-corrected chi connectivity index (χ0v) is 38.7. The Morgan fingerprint density at radius 2 is 1.57 bits per heavy atom. The number of hydrogen-bond donors (Lipinski definition) is 4. The van der Waals surface area contributed by atoms with E-state index in [0.717, 1.165) is 83.2 Å². The van der Waals surface area contributed by atoms with E-state index in [9.17, 15) is 24.0 Å². The van der Waals surface area contributed by atoms with Crippen LogP contribution in [-0.4, -0.2) is 130 Å². The van der Waals surface area contributed by atoms with Crippen molar-refractivity contribution in [3.63, 3.8) is 0 Å². The van der Waals surface area contributed by atoms with E-state index < -0.39 is 11.8 Å². The molecular formula is C48H58N12O8. The van der Waals surface area contributed by atoms with E-state index >= 15 is 0 Å². The number of aromatic nitrogens is 6. The summed E-state index contributed by atoms with van der Waals surface area (Å²) in [6, 6.07) is 13.7. The number of rotatable bonds is 18. The van der Waals surface area contributed by atoms with Gasteiger partial charge in [-0.25, -0.2) is 9.97 Å². The first kappa shape index (κ1) is 47.6. The van der Waals surface area contributed by atoms with E-state index in [-0.39, 0.29) is 65.6 Å². The van der Waals surface area contributed by atoms with Crippen LogP contribution in [0.25, 0.3) is 11.0 Å². The van der Waals surface area contributed by atoms with Gasteiger partial charge in [0.25, 0.3) is 11.5 Å². The number of nitrogens with one attached hydrogen (secondary N) is 4. The molecule has 3 amide bonds. The second-order valence-corrected chi connectivity index (χ2v) is 17.4. The fourth-order valence-electron chi connectivity index (χ4n) is 9.18. The highest BCUT2D eigenvalue weighted by Gasteiger charge is 2.27. The maximum atomic E-state index is 13.6. The van der Waals surface area contributed by atoms with Crippen LogP contribution in [0.15, 0.2) is 65.7 Å². The van der Waals surface area contributed by atoms with Gasteiger partial charge in [-0.15, -0.1) is 10.2 Å². The Bertz CT molecular complexity index is 2640. The quantitative estimate of drug-likeness (QED) is 0.0680. The molecule has 4 N–H and O–H groups in total. The van der Waals surface area contributed by atoms with Gasteiger partial charge in [-0.3, -0.25) is 33.4 Å². The van der Waals surface area contributed by atoms with Gasteiger partial charge in [-0.2, -0.15) is 4.98 Å². The number of aryl methyl sites for hydroxylation is 1. The molecule has 0 atom stereocenters. The maximum absolute atomic E-state index is 13.6. The van der Waals surface area contributed by atoms with E-state index in [1.807, 2.05) is 18.3 Å². The van der Waals surface area contributed by atoms with Crippen LogP contribution in [0.5, 0.6) is 5.88 Å². The summed E-state index contributed by atoms with van der Waals surface area (Å²) in [7, 11) is 1.47. The van der Waals surface area contributed by atoms with Crippen molar-refractivity contribution < 1.29 is 33.4 Å². The molecule has 0 spiro atoms. The van der Waals surface area contributed by atoms with Crippen molar-refractivity contribution in [2.75, 3.05) is 80.5 Å². The van der Waals surface area contributed by atoms with Crippen LogP contribution in [0.4, 0.5) is 29.0 Å². The van der Waals surface area contributed by atoms with Gasteiger partial charge in [0.15, 0.2) is 11.6 Å². The number of anilines is 5. The van der Waals surface area contributed by atoms with Crippen molar-refractivity contribution in [3.05, 3.63) is 88.0 Å². The zero-order chi connectivity index (χ0) is 47.6. The Morgan fingerprint density at radius 1 is 0.809 bits per heavy atom. The summed E-state index contributed by atoms with van der Waals surface area (Å²) < 4.78 is 18.3. The minimum absolute atomic E-state index is 0.00635. The van der Waals surface area contributed by atoms with Crippen LogP contribution in [0.1, 0.15) is 90.6 Å². The Balaban J connectivity index is 0.710. The highest BCUT2D eigenvalue weighted by Crippen LogP contribution is 2.32. The number of Topliss-reactive ketones (excluding diaryl/α,β-unsaturated/α-hetero) is 1. The number of hydrogen-bond acceptors (Lipinski definition) is 16. The number of ketones is 1. The third kappa shape index (κ3) is 11.8. The predicted molar refractivity (Wildman–Crippen MR) is 255 cm³/mol. The van der Waals surface area contributed by atoms with Crippen molar-refractivity contribution in [2.24, 2.45) is 0 Å². The van der Waals surface area contributed by atoms with Gasteiger partial charge in [0, 0.05) is 55.9 Å². The normalized spacial score (nSPS) is 17.7. The second-order valence-electron chi connectivity index (χ2n) is 17.4. The molecule has 0 radical (unpaired) electrons. The molecule has 1 aromatic carbocycles. The summed E-state index contributed by atoms with van der Waals surface area (Å²) in [4.78, 5) is 83.0. The number of methoxy groups -OCH3 is 1. The van der Waals surface area contributed by atoms with Crippen LogP contribution in [0.3, 0.4) is 0 Å². The molecule has 20 heteroatoms. The summed E-state index contributed by atoms with van der Waals surface area (Å²) in [5.74, 6) is 0.341. The molecule has 8 rings (SSSR count). The lowest BCUT2D eigenvalue weighted by molar-refractivity contribution is -0.124. The SMILES string of the molecule is COc1ccc(NC(=O)c2ccccc2NC(=O)COCCOC2CCC(NC(=O)CN3CCN(c4ccc(Nc5ncc6c(C)c(C(C)=O)c(=O)n(C7CCCC7)c6n5)nc4)CC3)CC2)nn1. The number of ether oxygens (including phenoxy) is 3. The number of para-hydroxylation sites is 1. The lowest BCUT2D eigenvalue weighted by Gasteiger charge is -2.36. The van der Waals surface area contributed by atoms with Gasteiger partial charge >= 0.3 is 0 Å². The average molecular weight is 931 g/mol. The zero-order valence-electron chi connectivity index (χ0n) is 38.7. The van der Waals surface area contributed by atoms with Crippen molar-refractivity contribution >= 4 is 63.5 Å². The topological polar surface area (TPSA) is 237 Å². The molecule has 1 aliphatic heterocycles. The Morgan fingerprint density at radius 3 is 2.28 bits per heavy atom. The minimum Gasteiger partial charge on any atom is -0.480 e. The Kier molecular flexibility index (Phi) is 15.6. The van der Waals surface area contributed by atoms with E-state index in [1.54, 1.807) is 54.1 Å². The predicted octanol–water partition coefficient (Wildman–Crippen LogP) is 4.83. The van der Waals surface area contributed by atoms with Gasteiger partial charge in [-0.05, 0) is 88.3 Å². The lowest BCUT2D eigenvalue weighted by atomic mass is 9.93. The fourth-order valence-corrected chi connectivity index (χ4v) is 9.18. The minimum atomic E-state index is -0.459. The summed E-state index contributed by atoms with van der Waals surface area (Å²) in [5, 5.41) is 20.2. The van der Waals surface area contributed by atoms with E-state index in [0.29, 0.717) is 53.1 Å². The first-order valence-corrected chi connectivity index (χ1v) is 23.2. The molecule has 0 unspecified atom stereocenters. The number of pyridine rings is 2. The molecule has 2 saturated carbocycles. The number of amides is 3. The lowest BCUT2D eigenvalue weighted by Crippen LogP contribution is -2.51. The molecule has 358 valence electrons. The summed E-state index contributed by atoms with van der Waals surface area (Å²) in [6.45, 7) is 6.88. The third-order valence-corrected chi connectivity index (χ3v) is 12.7. The number of fused-ring (bicyclic) bond motifs is 1. The van der Waals surface area contributed by atoms with Crippen LogP contribution < -0.4 is 36.5 Å². The molecule has 5 aromatic rings. The number of benzene rings is 1. The molecule has 2 aliphatic carbocycles. The van der Waals surface area contributed by atoms with Crippen molar-refractivity contribution in [1.82, 2.24) is 39.9 Å². The molecule has 20 nitrogen and oxygen atoms in total. The summed E-state index contributed by atoms with van der Waals surface area (Å²) >= 11 is 0. The van der Waals surface area contributed by atoms with Gasteiger partial charge < -0.3 is 40.4 Å². The summed E-state index contributed by atoms with van der Waals surface area (Å²) in [5.41, 5.74) is 2.60. The first-order valence-electron chi connectivity index (χ1n) is 23.2. The Labute approximate surface area is 393 Å². The van der Waals surface area contributed by atoms with Gasteiger partial charge in [0.05, 0.1) is 61.7 Å². The molecule has 1 saturated heterocycles. The average Bonchev–Trinajstić information content (AvgIpc) is 3.87. The highest BCUT2D eigenvalue weighted by atomic mass is 16.5. The van der Waals surface area contributed by atoms with Crippen molar-refractivity contribution in [2.45, 2.75) is 83.4 Å². The first-order chi connectivity index (χ1) is 33.0. The van der Waals surface area contributed by atoms with Crippen molar-refractivity contribution in [1.29, 1.82) is 0 Å². The monoisotopic (exact) mass is 930 g/mol. The van der Waals surface area contributed by atoms with Crippen LogP contribution >= 0.6 is 0 Å². The number of carbonyl (C=O) groups excluding carboxylic acids is 4.